The van der Waals surface area contributed by atoms with Crippen LogP contribution in [0.3, 0.4) is 0 Å². The highest BCUT2D eigenvalue weighted by molar-refractivity contribution is 9.10. The number of carbonyl (C=O) groups is 1. The summed E-state index contributed by atoms with van der Waals surface area (Å²) in [5.74, 6) is 0.115. The fraction of sp³-hybridized carbons (Fsp3) is 0.174. The average Bonchev–Trinajstić information content (AvgIpc) is 3.16. The summed E-state index contributed by atoms with van der Waals surface area (Å²) < 4.78 is 2.58. The first kappa shape index (κ1) is 22.2. The number of nitrogens with zero attached hydrogens (tertiary/aromatic N) is 5. The second-order valence-corrected chi connectivity index (χ2v) is 9.18. The van der Waals surface area contributed by atoms with Gasteiger partial charge in [0.1, 0.15) is 0 Å². The normalized spacial score (nSPS) is 10.9. The molecule has 9 heteroatoms. The van der Waals surface area contributed by atoms with Gasteiger partial charge in [-0.05, 0) is 57.2 Å². The van der Waals surface area contributed by atoms with Gasteiger partial charge >= 0.3 is 0 Å². The third kappa shape index (κ3) is 5.23. The minimum absolute atomic E-state index is 0.266. The molecule has 0 bridgehead atoms. The highest BCUT2D eigenvalue weighted by atomic mass is 79.9. The van der Waals surface area contributed by atoms with Gasteiger partial charge < -0.3 is 5.32 Å². The van der Waals surface area contributed by atoms with Crippen molar-refractivity contribution in [3.8, 4) is 5.69 Å². The first-order chi connectivity index (χ1) is 15.4. The molecule has 0 saturated carbocycles. The molecule has 32 heavy (non-hydrogen) atoms. The Morgan fingerprint density at radius 1 is 1.03 bits per heavy atom. The summed E-state index contributed by atoms with van der Waals surface area (Å²) in [6.45, 7) is 5.90. The number of aryl methyl sites for hydroxylation is 3. The number of carbonyl (C=O) groups excluding carboxylic acids is 1. The van der Waals surface area contributed by atoms with Crippen LogP contribution in [0.15, 0.2) is 64.2 Å². The molecule has 162 valence electrons. The lowest BCUT2D eigenvalue weighted by atomic mass is 10.2. The Bertz CT molecular complexity index is 1250. The molecule has 0 atom stereocenters. The number of aromatic nitrogens is 5. The summed E-state index contributed by atoms with van der Waals surface area (Å²) in [6, 6.07) is 17.3. The number of halogens is 1. The molecule has 0 aliphatic carbocycles. The summed E-state index contributed by atoms with van der Waals surface area (Å²) in [5.41, 5.74) is 5.39. The lowest BCUT2D eigenvalue weighted by molar-refractivity contribution is 0.102. The molecule has 0 aliphatic rings. The van der Waals surface area contributed by atoms with E-state index in [9.17, 15) is 4.79 Å². The fourth-order valence-corrected chi connectivity index (χ4v) is 4.49. The van der Waals surface area contributed by atoms with Gasteiger partial charge in [0.25, 0.3) is 5.91 Å². The average molecular weight is 509 g/mol. The van der Waals surface area contributed by atoms with E-state index in [0.717, 1.165) is 27.1 Å². The predicted molar refractivity (Wildman–Crippen MR) is 129 cm³/mol. The zero-order valence-electron chi connectivity index (χ0n) is 17.8. The molecule has 4 aromatic rings. The summed E-state index contributed by atoms with van der Waals surface area (Å²) in [6.07, 6.45) is 0. The minimum Gasteiger partial charge on any atom is -0.320 e. The van der Waals surface area contributed by atoms with E-state index in [2.05, 4.69) is 41.5 Å². The van der Waals surface area contributed by atoms with Crippen LogP contribution in [0.1, 0.15) is 33.1 Å². The molecule has 0 aliphatic heterocycles. The van der Waals surface area contributed by atoms with E-state index in [4.69, 9.17) is 0 Å². The van der Waals surface area contributed by atoms with E-state index >= 15 is 0 Å². The van der Waals surface area contributed by atoms with Gasteiger partial charge in [-0.15, -0.1) is 5.10 Å². The van der Waals surface area contributed by atoms with Crippen LogP contribution in [0.25, 0.3) is 5.69 Å². The maximum absolute atomic E-state index is 13.1. The summed E-state index contributed by atoms with van der Waals surface area (Å²) in [7, 11) is 0. The predicted octanol–water partition coefficient (Wildman–Crippen LogP) is 5.29. The van der Waals surface area contributed by atoms with E-state index in [1.54, 1.807) is 4.68 Å². The molecule has 0 radical (unpaired) electrons. The van der Waals surface area contributed by atoms with Crippen molar-refractivity contribution in [3.63, 3.8) is 0 Å². The molecule has 4 rings (SSSR count). The molecule has 2 aromatic heterocycles. The Morgan fingerprint density at radius 2 is 1.75 bits per heavy atom. The second-order valence-electron chi connectivity index (χ2n) is 7.32. The van der Waals surface area contributed by atoms with Crippen molar-refractivity contribution < 1.29 is 4.79 Å². The number of hydrogen-bond acceptors (Lipinski definition) is 6. The molecule has 0 saturated heterocycles. The molecule has 1 N–H and O–H groups in total. The number of rotatable bonds is 6. The Labute approximate surface area is 198 Å². The van der Waals surface area contributed by atoms with E-state index in [1.807, 2.05) is 75.4 Å². The molecule has 2 aromatic carbocycles. The van der Waals surface area contributed by atoms with Crippen molar-refractivity contribution in [1.29, 1.82) is 0 Å². The smallest absolute Gasteiger partial charge is 0.278 e. The highest BCUT2D eigenvalue weighted by Gasteiger charge is 2.22. The van der Waals surface area contributed by atoms with Crippen LogP contribution in [0.5, 0.6) is 0 Å². The van der Waals surface area contributed by atoms with Gasteiger partial charge in [0, 0.05) is 27.3 Å². The van der Waals surface area contributed by atoms with Crippen molar-refractivity contribution in [2.24, 2.45) is 0 Å². The standard InChI is InChI=1S/C23H21BrN6OS/c1-14-7-9-19(10-8-14)30-20(13-32-23-25-15(2)11-16(3)26-23)21(28-29-30)22(31)27-18-6-4-5-17(24)12-18/h4-12H,13H2,1-3H3,(H,27,31). The first-order valence-corrected chi connectivity index (χ1v) is 11.7. The summed E-state index contributed by atoms with van der Waals surface area (Å²) >= 11 is 4.87. The van der Waals surface area contributed by atoms with Gasteiger partial charge in [0.15, 0.2) is 10.9 Å². The Morgan fingerprint density at radius 3 is 2.44 bits per heavy atom. The Hall–Kier alpha value is -3.04. The van der Waals surface area contributed by atoms with Crippen LogP contribution in [-0.4, -0.2) is 30.9 Å². The molecule has 2 heterocycles. The highest BCUT2D eigenvalue weighted by Crippen LogP contribution is 2.25. The van der Waals surface area contributed by atoms with E-state index in [-0.39, 0.29) is 11.6 Å². The van der Waals surface area contributed by atoms with Gasteiger partial charge in [-0.25, -0.2) is 14.6 Å². The van der Waals surface area contributed by atoms with Crippen LogP contribution in [0.4, 0.5) is 5.69 Å². The molecule has 0 spiro atoms. The molecular weight excluding hydrogens is 488 g/mol. The van der Waals surface area contributed by atoms with Crippen LogP contribution < -0.4 is 5.32 Å². The lowest BCUT2D eigenvalue weighted by Crippen LogP contribution is -2.15. The number of hydrogen-bond donors (Lipinski definition) is 1. The summed E-state index contributed by atoms with van der Waals surface area (Å²) in [4.78, 5) is 22.1. The summed E-state index contributed by atoms with van der Waals surface area (Å²) in [5, 5.41) is 12.1. The van der Waals surface area contributed by atoms with Crippen molar-refractivity contribution >= 4 is 39.3 Å². The zero-order valence-corrected chi connectivity index (χ0v) is 20.2. The van der Waals surface area contributed by atoms with E-state index in [1.165, 1.54) is 11.8 Å². The molecule has 7 nitrogen and oxygen atoms in total. The van der Waals surface area contributed by atoms with Crippen LogP contribution >= 0.6 is 27.7 Å². The number of nitrogens with one attached hydrogen (secondary N) is 1. The van der Waals surface area contributed by atoms with Gasteiger partial charge in [-0.1, -0.05) is 56.7 Å². The van der Waals surface area contributed by atoms with Crippen molar-refractivity contribution in [2.75, 3.05) is 5.32 Å². The zero-order chi connectivity index (χ0) is 22.7. The number of amides is 1. The second kappa shape index (κ2) is 9.62. The molecule has 0 fully saturated rings. The van der Waals surface area contributed by atoms with Gasteiger partial charge in [0.2, 0.25) is 0 Å². The van der Waals surface area contributed by atoms with Gasteiger partial charge in [-0.2, -0.15) is 0 Å². The van der Waals surface area contributed by atoms with Crippen molar-refractivity contribution in [3.05, 3.63) is 87.4 Å². The molecule has 1 amide bonds. The third-order valence-electron chi connectivity index (χ3n) is 4.64. The monoisotopic (exact) mass is 508 g/mol. The van der Waals surface area contributed by atoms with Crippen molar-refractivity contribution in [2.45, 2.75) is 31.7 Å². The first-order valence-electron chi connectivity index (χ1n) is 9.92. The minimum atomic E-state index is -0.321. The van der Waals surface area contributed by atoms with Gasteiger partial charge in [-0.3, -0.25) is 4.79 Å². The number of anilines is 1. The van der Waals surface area contributed by atoms with E-state index < -0.39 is 0 Å². The third-order valence-corrected chi connectivity index (χ3v) is 5.99. The number of benzene rings is 2. The number of thioether (sulfide) groups is 1. The lowest BCUT2D eigenvalue weighted by Gasteiger charge is -2.09. The van der Waals surface area contributed by atoms with Crippen LogP contribution in [0.2, 0.25) is 0 Å². The van der Waals surface area contributed by atoms with Crippen LogP contribution in [0, 0.1) is 20.8 Å². The Kier molecular flexibility index (Phi) is 6.66. The Balaban J connectivity index is 1.67. The van der Waals surface area contributed by atoms with Crippen LogP contribution in [-0.2, 0) is 5.75 Å². The fourth-order valence-electron chi connectivity index (χ4n) is 3.15. The van der Waals surface area contributed by atoms with Crippen molar-refractivity contribution in [1.82, 2.24) is 25.0 Å². The topological polar surface area (TPSA) is 85.6 Å². The SMILES string of the molecule is Cc1ccc(-n2nnc(C(=O)Nc3cccc(Br)c3)c2CSc2nc(C)cc(C)n2)cc1. The largest absolute Gasteiger partial charge is 0.320 e. The maximum atomic E-state index is 13.1. The quantitative estimate of drug-likeness (QED) is 0.281. The maximum Gasteiger partial charge on any atom is 0.278 e. The molecular formula is C23H21BrN6OS. The molecule has 0 unspecified atom stereocenters. The van der Waals surface area contributed by atoms with E-state index in [0.29, 0.717) is 22.3 Å². The van der Waals surface area contributed by atoms with Gasteiger partial charge in [0.05, 0.1) is 11.4 Å².